The second-order valence-corrected chi connectivity index (χ2v) is 4.45. The molecular weight excluding hydrogens is 256 g/mol. The van der Waals surface area contributed by atoms with Gasteiger partial charge in [0.25, 0.3) is 0 Å². The number of carbonyl (C=O) groups excluding carboxylic acids is 1. The Morgan fingerprint density at radius 3 is 2.59 bits per heavy atom. The lowest BCUT2D eigenvalue weighted by molar-refractivity contribution is -0.142. The molecule has 1 aromatic carbocycles. The van der Waals surface area contributed by atoms with Crippen molar-refractivity contribution >= 4 is 17.5 Å². The van der Waals surface area contributed by atoms with Crippen LogP contribution in [0.3, 0.4) is 0 Å². The van der Waals surface area contributed by atoms with Crippen LogP contribution in [-0.2, 0) is 4.79 Å². The van der Waals surface area contributed by atoms with Crippen LogP contribution in [0.1, 0.15) is 12.8 Å². The van der Waals surface area contributed by atoms with Crippen LogP contribution in [0, 0.1) is 5.82 Å². The Labute approximate surface area is 100 Å². The number of Topliss-reactive ketones (excluding diaryl/α,β-unsaturated/α-hetero) is 1. The van der Waals surface area contributed by atoms with Gasteiger partial charge in [-0.3, -0.25) is 4.79 Å². The maximum absolute atomic E-state index is 12.7. The molecule has 1 rings (SSSR count). The van der Waals surface area contributed by atoms with Gasteiger partial charge >= 0.3 is 6.18 Å². The SMILES string of the molecule is O=C(CCC(F)(F)F)CSc1cccc(F)c1. The Kier molecular flexibility index (Phi) is 4.99. The van der Waals surface area contributed by atoms with Crippen LogP contribution in [0.4, 0.5) is 17.6 Å². The van der Waals surface area contributed by atoms with E-state index < -0.39 is 30.6 Å². The van der Waals surface area contributed by atoms with Gasteiger partial charge in [-0.2, -0.15) is 13.2 Å². The monoisotopic (exact) mass is 266 g/mol. The number of hydrogen-bond donors (Lipinski definition) is 0. The van der Waals surface area contributed by atoms with Crippen LogP contribution in [0.15, 0.2) is 29.2 Å². The molecule has 0 aromatic heterocycles. The molecule has 94 valence electrons. The number of carbonyl (C=O) groups is 1. The van der Waals surface area contributed by atoms with Gasteiger partial charge in [-0.1, -0.05) is 6.07 Å². The topological polar surface area (TPSA) is 17.1 Å². The largest absolute Gasteiger partial charge is 0.389 e. The van der Waals surface area contributed by atoms with Crippen LogP contribution < -0.4 is 0 Å². The van der Waals surface area contributed by atoms with Gasteiger partial charge in [0.15, 0.2) is 0 Å². The summed E-state index contributed by atoms with van der Waals surface area (Å²) in [5, 5.41) is 0. The van der Waals surface area contributed by atoms with Crippen LogP contribution in [0.2, 0.25) is 0 Å². The lowest BCUT2D eigenvalue weighted by Gasteiger charge is -2.05. The van der Waals surface area contributed by atoms with Crippen molar-refractivity contribution in [1.29, 1.82) is 0 Å². The van der Waals surface area contributed by atoms with Crippen molar-refractivity contribution < 1.29 is 22.4 Å². The number of halogens is 4. The summed E-state index contributed by atoms with van der Waals surface area (Å²) in [5.41, 5.74) is 0. The van der Waals surface area contributed by atoms with E-state index in [0.29, 0.717) is 4.90 Å². The lowest BCUT2D eigenvalue weighted by Crippen LogP contribution is -2.11. The maximum Gasteiger partial charge on any atom is 0.389 e. The second-order valence-electron chi connectivity index (χ2n) is 3.40. The van der Waals surface area contributed by atoms with Crippen LogP contribution in [0.25, 0.3) is 0 Å². The van der Waals surface area contributed by atoms with Gasteiger partial charge in [-0.25, -0.2) is 4.39 Å². The van der Waals surface area contributed by atoms with E-state index in [-0.39, 0.29) is 5.75 Å². The molecule has 0 saturated carbocycles. The molecule has 0 heterocycles. The van der Waals surface area contributed by atoms with Crippen molar-refractivity contribution in [2.24, 2.45) is 0 Å². The fourth-order valence-corrected chi connectivity index (χ4v) is 1.92. The summed E-state index contributed by atoms with van der Waals surface area (Å²) in [5.74, 6) is -0.992. The van der Waals surface area contributed by atoms with E-state index in [1.165, 1.54) is 18.2 Å². The van der Waals surface area contributed by atoms with Crippen molar-refractivity contribution in [3.8, 4) is 0 Å². The van der Waals surface area contributed by atoms with Gasteiger partial charge < -0.3 is 0 Å². The first-order valence-corrected chi connectivity index (χ1v) is 5.82. The van der Waals surface area contributed by atoms with Gasteiger partial charge in [-0.15, -0.1) is 11.8 Å². The van der Waals surface area contributed by atoms with Crippen LogP contribution in [-0.4, -0.2) is 17.7 Å². The Bertz CT molecular complexity index is 389. The number of benzene rings is 1. The zero-order valence-electron chi connectivity index (χ0n) is 8.76. The van der Waals surface area contributed by atoms with E-state index in [9.17, 15) is 22.4 Å². The summed E-state index contributed by atoms with van der Waals surface area (Å²) < 4.78 is 48.2. The molecule has 0 spiro atoms. The molecule has 0 fully saturated rings. The fraction of sp³-hybridized carbons (Fsp3) is 0.364. The van der Waals surface area contributed by atoms with Crippen molar-refractivity contribution in [3.05, 3.63) is 30.1 Å². The molecule has 0 N–H and O–H groups in total. The molecule has 1 nitrogen and oxygen atoms in total. The third-order valence-corrected chi connectivity index (χ3v) is 2.94. The minimum Gasteiger partial charge on any atom is -0.299 e. The zero-order valence-corrected chi connectivity index (χ0v) is 9.58. The van der Waals surface area contributed by atoms with E-state index in [4.69, 9.17) is 0 Å². The number of hydrogen-bond acceptors (Lipinski definition) is 2. The van der Waals surface area contributed by atoms with Gasteiger partial charge in [0.1, 0.15) is 11.6 Å². The molecule has 6 heteroatoms. The first kappa shape index (κ1) is 14.0. The predicted molar refractivity (Wildman–Crippen MR) is 57.4 cm³/mol. The molecular formula is C11H10F4OS. The average molecular weight is 266 g/mol. The molecule has 0 unspecified atom stereocenters. The standard InChI is InChI=1S/C11H10F4OS/c12-8-2-1-3-10(6-8)17-7-9(16)4-5-11(13,14)15/h1-3,6H,4-5,7H2. The van der Waals surface area contributed by atoms with Gasteiger partial charge in [0, 0.05) is 11.3 Å². The fourth-order valence-electron chi connectivity index (χ4n) is 1.07. The van der Waals surface area contributed by atoms with E-state index >= 15 is 0 Å². The predicted octanol–water partition coefficient (Wildman–Crippen LogP) is 3.83. The molecule has 17 heavy (non-hydrogen) atoms. The highest BCUT2D eigenvalue weighted by atomic mass is 32.2. The first-order valence-electron chi connectivity index (χ1n) is 4.83. The number of ketones is 1. The van der Waals surface area contributed by atoms with Gasteiger partial charge in [0.05, 0.1) is 12.2 Å². The van der Waals surface area contributed by atoms with Crippen molar-refractivity contribution in [1.82, 2.24) is 0 Å². The summed E-state index contributed by atoms with van der Waals surface area (Å²) in [6.07, 6.45) is -5.93. The van der Waals surface area contributed by atoms with E-state index in [1.54, 1.807) is 6.07 Å². The number of alkyl halides is 3. The highest BCUT2D eigenvalue weighted by Crippen LogP contribution is 2.23. The van der Waals surface area contributed by atoms with Crippen LogP contribution >= 0.6 is 11.8 Å². The molecule has 1 aromatic rings. The molecule has 0 radical (unpaired) electrons. The normalized spacial score (nSPS) is 11.5. The highest BCUT2D eigenvalue weighted by Gasteiger charge is 2.27. The molecule has 0 amide bonds. The Balaban J connectivity index is 2.33. The van der Waals surface area contributed by atoms with Crippen LogP contribution in [0.5, 0.6) is 0 Å². The smallest absolute Gasteiger partial charge is 0.299 e. The average Bonchev–Trinajstić information content (AvgIpc) is 2.23. The van der Waals surface area contributed by atoms with E-state index in [0.717, 1.165) is 11.8 Å². The maximum atomic E-state index is 12.7. The van der Waals surface area contributed by atoms with E-state index in [1.807, 2.05) is 0 Å². The quantitative estimate of drug-likeness (QED) is 0.595. The summed E-state index contributed by atoms with van der Waals surface area (Å²) >= 11 is 1.04. The summed E-state index contributed by atoms with van der Waals surface area (Å²) in [6, 6.07) is 5.58. The first-order chi connectivity index (χ1) is 7.87. The van der Waals surface area contributed by atoms with Gasteiger partial charge in [-0.05, 0) is 18.2 Å². The molecule has 0 aliphatic heterocycles. The molecule has 0 aliphatic rings. The van der Waals surface area contributed by atoms with Crippen molar-refractivity contribution in [3.63, 3.8) is 0 Å². The Morgan fingerprint density at radius 1 is 1.29 bits per heavy atom. The molecule has 0 atom stereocenters. The lowest BCUT2D eigenvalue weighted by atomic mass is 10.2. The number of rotatable bonds is 5. The molecule has 0 bridgehead atoms. The summed E-state index contributed by atoms with van der Waals surface area (Å²) in [7, 11) is 0. The van der Waals surface area contributed by atoms with E-state index in [2.05, 4.69) is 0 Å². The molecule has 0 saturated heterocycles. The summed E-state index contributed by atoms with van der Waals surface area (Å²) in [6.45, 7) is 0. The van der Waals surface area contributed by atoms with Gasteiger partial charge in [0.2, 0.25) is 0 Å². The minimum absolute atomic E-state index is 0.0699. The molecule has 0 aliphatic carbocycles. The Hall–Kier alpha value is -1.04. The minimum atomic E-state index is -4.31. The summed E-state index contributed by atoms with van der Waals surface area (Å²) in [4.78, 5) is 11.7. The highest BCUT2D eigenvalue weighted by molar-refractivity contribution is 8.00. The third-order valence-electron chi connectivity index (χ3n) is 1.88. The second kappa shape index (κ2) is 6.05. The van der Waals surface area contributed by atoms with Crippen molar-refractivity contribution in [2.75, 3.05) is 5.75 Å². The van der Waals surface area contributed by atoms with Crippen molar-refractivity contribution in [2.45, 2.75) is 23.9 Å². The third kappa shape index (κ3) is 6.31. The number of thioether (sulfide) groups is 1. The zero-order chi connectivity index (χ0) is 12.9. The Morgan fingerprint density at radius 2 is 2.00 bits per heavy atom.